The largest absolute Gasteiger partial charge is 0.508 e. The Balaban J connectivity index is 0.000000149. The first kappa shape index (κ1) is 33.7. The monoisotopic (exact) mass is 736 g/mol. The number of hydrogen-bond donors (Lipinski definition) is 2. The Morgan fingerprint density at radius 1 is 0.500 bits per heavy atom. The van der Waals surface area contributed by atoms with E-state index in [9.17, 15) is 29.4 Å². The fraction of sp³-hybridized carbons (Fsp3) is 0.300. The summed E-state index contributed by atoms with van der Waals surface area (Å²) in [6.07, 6.45) is 0.304. The Bertz CT molecular complexity index is 2080. The third-order valence-electron chi connectivity index (χ3n) is 10.3. The highest BCUT2D eigenvalue weighted by Crippen LogP contribution is 2.54. The summed E-state index contributed by atoms with van der Waals surface area (Å²) in [5, 5.41) is 19.3. The summed E-state index contributed by atoms with van der Waals surface area (Å²) in [5.41, 5.74) is 1.03. The van der Waals surface area contributed by atoms with Gasteiger partial charge in [-0.2, -0.15) is 0 Å². The van der Waals surface area contributed by atoms with Crippen LogP contribution in [0.5, 0.6) is 46.0 Å². The zero-order chi connectivity index (χ0) is 37.2. The lowest BCUT2D eigenvalue weighted by Gasteiger charge is -2.40. The molecule has 4 aromatic carbocycles. The van der Waals surface area contributed by atoms with Gasteiger partial charge in [-0.3, -0.25) is 19.2 Å². The van der Waals surface area contributed by atoms with Crippen molar-refractivity contribution in [3.05, 3.63) is 95.1 Å². The molecule has 2 spiro atoms. The van der Waals surface area contributed by atoms with Gasteiger partial charge in [-0.05, 0) is 24.3 Å². The highest BCUT2D eigenvalue weighted by atomic mass is 16.6. The van der Waals surface area contributed by atoms with E-state index in [-0.39, 0.29) is 60.9 Å². The number of rotatable bonds is 6. The lowest BCUT2D eigenvalue weighted by atomic mass is 9.67. The molecule has 2 N–H and O–H groups in total. The maximum Gasteiger partial charge on any atom is 0.312 e. The van der Waals surface area contributed by atoms with Crippen molar-refractivity contribution >= 4 is 23.9 Å². The van der Waals surface area contributed by atoms with E-state index in [0.717, 1.165) is 11.1 Å². The van der Waals surface area contributed by atoms with E-state index in [1.807, 2.05) is 24.3 Å². The van der Waals surface area contributed by atoms with Crippen molar-refractivity contribution in [3.8, 4) is 46.0 Å². The maximum absolute atomic E-state index is 12.6. The average Bonchev–Trinajstić information content (AvgIpc) is 4.05. The number of epoxide rings is 2. The predicted octanol–water partition coefficient (Wildman–Crippen LogP) is 4.15. The number of phenols is 2. The molecule has 2 atom stereocenters. The third-order valence-corrected chi connectivity index (χ3v) is 10.3. The first-order chi connectivity index (χ1) is 26.1. The lowest BCUT2D eigenvalue weighted by molar-refractivity contribution is -0.142. The molecule has 0 bridgehead atoms. The van der Waals surface area contributed by atoms with Crippen molar-refractivity contribution in [1.29, 1.82) is 0 Å². The van der Waals surface area contributed by atoms with Gasteiger partial charge in [0.05, 0.1) is 38.9 Å². The molecule has 6 aliphatic rings. The van der Waals surface area contributed by atoms with Crippen LogP contribution in [0.15, 0.2) is 72.8 Å². The SMILES string of the molecule is O=C1CC2(CC(=O)Oc3cc(O)ccc32)c2ccc(O)cc2O1.O=C1CC2(CC(=O)Oc3cc(OCC4CO4)ccc32)c2ccc(OCC3CO3)cc2O1. The van der Waals surface area contributed by atoms with Gasteiger partial charge in [0.25, 0.3) is 0 Å². The van der Waals surface area contributed by atoms with Crippen LogP contribution < -0.4 is 28.4 Å². The van der Waals surface area contributed by atoms with Gasteiger partial charge in [-0.25, -0.2) is 0 Å². The molecule has 6 aliphatic heterocycles. The minimum absolute atomic E-state index is 0.0162. The molecule has 276 valence electrons. The van der Waals surface area contributed by atoms with Crippen LogP contribution in [0.2, 0.25) is 0 Å². The average molecular weight is 737 g/mol. The van der Waals surface area contributed by atoms with Crippen LogP contribution >= 0.6 is 0 Å². The molecular formula is C40H32O14. The molecule has 2 fully saturated rings. The zero-order valence-electron chi connectivity index (χ0n) is 28.5. The Morgan fingerprint density at radius 3 is 1.15 bits per heavy atom. The molecule has 4 aromatic rings. The molecule has 2 saturated heterocycles. The number of ether oxygens (including phenoxy) is 8. The van der Waals surface area contributed by atoms with Gasteiger partial charge in [0.15, 0.2) is 0 Å². The summed E-state index contributed by atoms with van der Waals surface area (Å²) in [4.78, 5) is 49.3. The molecule has 0 amide bonds. The number of benzene rings is 4. The van der Waals surface area contributed by atoms with Gasteiger partial charge in [0, 0.05) is 57.3 Å². The molecule has 2 unspecified atom stereocenters. The zero-order valence-corrected chi connectivity index (χ0v) is 28.5. The van der Waals surface area contributed by atoms with Crippen molar-refractivity contribution in [3.63, 3.8) is 0 Å². The highest BCUT2D eigenvalue weighted by Gasteiger charge is 2.51. The summed E-state index contributed by atoms with van der Waals surface area (Å²) in [5.74, 6) is 0.598. The van der Waals surface area contributed by atoms with Crippen molar-refractivity contribution in [2.75, 3.05) is 26.4 Å². The fourth-order valence-electron chi connectivity index (χ4n) is 7.63. The second-order valence-corrected chi connectivity index (χ2v) is 14.0. The molecule has 0 aromatic heterocycles. The van der Waals surface area contributed by atoms with Crippen LogP contribution in [0, 0.1) is 0 Å². The Labute approximate surface area is 307 Å². The maximum atomic E-state index is 12.6. The quantitative estimate of drug-likeness (QED) is 0.163. The van der Waals surface area contributed by atoms with E-state index in [1.54, 1.807) is 24.3 Å². The standard InChI is InChI=1S/C23H20O8.C17H12O6/c24-21-7-23(17-3-1-13(5-19(17)30-21)26-9-15-11-28-15)8-22(25)31-20-6-14(2-4-18(20)23)27-10-16-12-29-16;18-9-1-3-11-13(5-9)22-15(20)7-17(11)8-16(21)23-14-6-10(19)2-4-12(14)17/h1-6,15-16H,7-12H2;1-6,18-19H,7-8H2. The van der Waals surface area contributed by atoms with E-state index in [1.165, 1.54) is 24.3 Å². The molecule has 54 heavy (non-hydrogen) atoms. The summed E-state index contributed by atoms with van der Waals surface area (Å²) in [6.45, 7) is 2.28. The smallest absolute Gasteiger partial charge is 0.312 e. The summed E-state index contributed by atoms with van der Waals surface area (Å²) in [7, 11) is 0. The van der Waals surface area contributed by atoms with Gasteiger partial charge < -0.3 is 48.1 Å². The van der Waals surface area contributed by atoms with E-state index < -0.39 is 34.7 Å². The van der Waals surface area contributed by atoms with E-state index in [0.29, 0.717) is 60.6 Å². The van der Waals surface area contributed by atoms with Crippen LogP contribution in [-0.4, -0.2) is 72.7 Å². The van der Waals surface area contributed by atoms with Crippen molar-refractivity contribution in [2.24, 2.45) is 0 Å². The molecule has 0 radical (unpaired) electrons. The second-order valence-electron chi connectivity index (χ2n) is 14.0. The van der Waals surface area contributed by atoms with Crippen molar-refractivity contribution < 1.29 is 67.3 Å². The molecule has 6 heterocycles. The first-order valence-corrected chi connectivity index (χ1v) is 17.3. The van der Waals surface area contributed by atoms with Gasteiger partial charge >= 0.3 is 23.9 Å². The van der Waals surface area contributed by atoms with Gasteiger partial charge in [0.1, 0.15) is 71.4 Å². The number of hydrogen-bond acceptors (Lipinski definition) is 14. The minimum Gasteiger partial charge on any atom is -0.508 e. The summed E-state index contributed by atoms with van der Waals surface area (Å²) < 4.78 is 43.3. The number of esters is 4. The Hall–Kier alpha value is -6.12. The molecule has 14 heteroatoms. The fourth-order valence-corrected chi connectivity index (χ4v) is 7.63. The number of aromatic hydroxyl groups is 2. The van der Waals surface area contributed by atoms with Crippen molar-refractivity contribution in [1.82, 2.24) is 0 Å². The molecule has 14 nitrogen and oxygen atoms in total. The third kappa shape index (κ3) is 6.22. The van der Waals surface area contributed by atoms with E-state index in [2.05, 4.69) is 0 Å². The first-order valence-electron chi connectivity index (χ1n) is 17.3. The normalized spacial score (nSPS) is 23.5. The minimum atomic E-state index is -0.920. The predicted molar refractivity (Wildman–Crippen MR) is 182 cm³/mol. The van der Waals surface area contributed by atoms with Crippen LogP contribution in [0.4, 0.5) is 0 Å². The van der Waals surface area contributed by atoms with Crippen molar-refractivity contribution in [2.45, 2.75) is 48.7 Å². The topological polar surface area (TPSA) is 189 Å². The number of fused-ring (bicyclic) bond motifs is 8. The van der Waals surface area contributed by atoms with Gasteiger partial charge in [0.2, 0.25) is 0 Å². The Morgan fingerprint density at radius 2 is 0.815 bits per heavy atom. The highest BCUT2D eigenvalue weighted by molar-refractivity contribution is 5.88. The van der Waals surface area contributed by atoms with E-state index >= 15 is 0 Å². The van der Waals surface area contributed by atoms with Crippen LogP contribution in [0.1, 0.15) is 47.9 Å². The van der Waals surface area contributed by atoms with Crippen LogP contribution in [0.25, 0.3) is 0 Å². The number of carbonyl (C=O) groups is 4. The molecule has 0 aliphatic carbocycles. The molecule has 0 saturated carbocycles. The number of phenolic OH excluding ortho intramolecular Hbond substituents is 2. The second kappa shape index (κ2) is 12.8. The summed E-state index contributed by atoms with van der Waals surface area (Å²) >= 11 is 0. The Kier molecular flexibility index (Phi) is 7.97. The summed E-state index contributed by atoms with van der Waals surface area (Å²) in [6, 6.07) is 19.8. The number of carbonyl (C=O) groups excluding carboxylic acids is 4. The van der Waals surface area contributed by atoms with Crippen LogP contribution in [-0.2, 0) is 39.5 Å². The molecular weight excluding hydrogens is 704 g/mol. The van der Waals surface area contributed by atoms with Gasteiger partial charge in [-0.15, -0.1) is 0 Å². The van der Waals surface area contributed by atoms with Gasteiger partial charge in [-0.1, -0.05) is 24.3 Å². The lowest BCUT2D eigenvalue weighted by Crippen LogP contribution is -2.42. The molecule has 10 rings (SSSR count). The van der Waals surface area contributed by atoms with Crippen LogP contribution in [0.3, 0.4) is 0 Å². The van der Waals surface area contributed by atoms with E-state index in [4.69, 9.17) is 37.9 Å².